The molecule has 0 fully saturated rings. The lowest BCUT2D eigenvalue weighted by molar-refractivity contribution is 0.482. The molecule has 0 aromatic heterocycles. The molecule has 0 heterocycles. The Bertz CT molecular complexity index is 661. The molecule has 2 aromatic carbocycles. The van der Waals surface area contributed by atoms with Crippen molar-refractivity contribution < 1.29 is 4.74 Å². The average Bonchev–Trinajstić information content (AvgIpc) is 2.38. The van der Waals surface area contributed by atoms with Crippen LogP contribution in [0.4, 0.5) is 0 Å². The lowest BCUT2D eigenvalue weighted by Crippen LogP contribution is -2.10. The van der Waals surface area contributed by atoms with Gasteiger partial charge in [0.25, 0.3) is 0 Å². The van der Waals surface area contributed by atoms with Crippen molar-refractivity contribution >= 4 is 29.0 Å². The van der Waals surface area contributed by atoms with Crippen molar-refractivity contribution in [3.8, 4) is 11.5 Å². The van der Waals surface area contributed by atoms with Gasteiger partial charge < -0.3 is 10.5 Å². The number of hydrogen-bond donors (Lipinski definition) is 2. The zero-order chi connectivity index (χ0) is 14.9. The summed E-state index contributed by atoms with van der Waals surface area (Å²) in [6.07, 6.45) is 0. The Morgan fingerprint density at radius 2 is 1.70 bits per heavy atom. The average molecular weight is 309 g/mol. The van der Waals surface area contributed by atoms with Crippen LogP contribution in [0.25, 0.3) is 0 Å². The van der Waals surface area contributed by atoms with Crippen LogP contribution in [-0.4, -0.2) is 5.84 Å². The van der Waals surface area contributed by atoms with Crippen LogP contribution < -0.4 is 10.5 Å². The number of nitrogen functional groups attached to an aromatic ring is 1. The van der Waals surface area contributed by atoms with Crippen molar-refractivity contribution in [2.45, 2.75) is 13.8 Å². The second kappa shape index (κ2) is 5.73. The number of aryl methyl sites for hydroxylation is 2. The molecule has 2 rings (SSSR count). The first kappa shape index (κ1) is 14.7. The van der Waals surface area contributed by atoms with E-state index in [9.17, 15) is 0 Å². The molecule has 5 heteroatoms. The SMILES string of the molecule is Cc1cc(Oc2ccc(C(=N)N)cc2Cl)cc(C)c1Cl. The molecular formula is C15H14Cl2N2O. The number of ether oxygens (including phenoxy) is 1. The maximum Gasteiger partial charge on any atom is 0.146 e. The summed E-state index contributed by atoms with van der Waals surface area (Å²) in [5.74, 6) is 1.15. The van der Waals surface area contributed by atoms with Gasteiger partial charge >= 0.3 is 0 Å². The molecule has 104 valence electrons. The van der Waals surface area contributed by atoms with Crippen LogP contribution >= 0.6 is 23.2 Å². The fourth-order valence-electron chi connectivity index (χ4n) is 1.84. The van der Waals surface area contributed by atoms with Gasteiger partial charge in [-0.15, -0.1) is 0 Å². The molecule has 20 heavy (non-hydrogen) atoms. The molecule has 0 unspecified atom stereocenters. The lowest BCUT2D eigenvalue weighted by Gasteiger charge is -2.11. The molecule has 0 aliphatic heterocycles. The Morgan fingerprint density at radius 3 is 2.20 bits per heavy atom. The van der Waals surface area contributed by atoms with Crippen molar-refractivity contribution in [3.05, 3.63) is 57.1 Å². The van der Waals surface area contributed by atoms with Crippen LogP contribution in [0.2, 0.25) is 10.0 Å². The highest BCUT2D eigenvalue weighted by molar-refractivity contribution is 6.32. The number of halogens is 2. The topological polar surface area (TPSA) is 59.1 Å². The van der Waals surface area contributed by atoms with Gasteiger partial charge in [-0.3, -0.25) is 5.41 Å². The summed E-state index contributed by atoms with van der Waals surface area (Å²) in [7, 11) is 0. The predicted octanol–water partition coefficient (Wildman–Crippen LogP) is 4.69. The van der Waals surface area contributed by atoms with E-state index in [1.165, 1.54) is 0 Å². The largest absolute Gasteiger partial charge is 0.456 e. The van der Waals surface area contributed by atoms with E-state index < -0.39 is 0 Å². The number of amidine groups is 1. The standard InChI is InChI=1S/C15H14Cl2N2O/c1-8-5-11(6-9(2)14(8)17)20-13-4-3-10(15(18)19)7-12(13)16/h3-7H,1-2H3,(H3,18,19). The number of rotatable bonds is 3. The van der Waals surface area contributed by atoms with Crippen LogP contribution in [0.3, 0.4) is 0 Å². The van der Waals surface area contributed by atoms with Gasteiger partial charge in [0.1, 0.15) is 17.3 Å². The van der Waals surface area contributed by atoms with Gasteiger partial charge in [0.05, 0.1) is 5.02 Å². The van der Waals surface area contributed by atoms with E-state index in [1.54, 1.807) is 18.2 Å². The fourth-order valence-corrected chi connectivity index (χ4v) is 2.17. The number of hydrogen-bond acceptors (Lipinski definition) is 2. The second-order valence-electron chi connectivity index (χ2n) is 4.53. The van der Waals surface area contributed by atoms with Crippen molar-refractivity contribution in [2.24, 2.45) is 5.73 Å². The zero-order valence-electron chi connectivity index (χ0n) is 11.1. The summed E-state index contributed by atoms with van der Waals surface area (Å²) in [5, 5.41) is 8.50. The summed E-state index contributed by atoms with van der Waals surface area (Å²) in [6.45, 7) is 3.84. The number of nitrogens with two attached hydrogens (primary N) is 1. The van der Waals surface area contributed by atoms with Gasteiger partial charge in [0, 0.05) is 10.6 Å². The minimum atomic E-state index is -0.0309. The molecule has 0 saturated heterocycles. The fraction of sp³-hybridized carbons (Fsp3) is 0.133. The van der Waals surface area contributed by atoms with E-state index in [-0.39, 0.29) is 5.84 Å². The Kier molecular flexibility index (Phi) is 4.21. The smallest absolute Gasteiger partial charge is 0.146 e. The van der Waals surface area contributed by atoms with Gasteiger partial charge in [0.2, 0.25) is 0 Å². The van der Waals surface area contributed by atoms with Crippen LogP contribution in [0, 0.1) is 19.3 Å². The van der Waals surface area contributed by atoms with Gasteiger partial charge in [0.15, 0.2) is 0 Å². The third-order valence-electron chi connectivity index (χ3n) is 2.88. The van der Waals surface area contributed by atoms with Crippen molar-refractivity contribution in [1.82, 2.24) is 0 Å². The molecule has 0 bridgehead atoms. The molecule has 0 atom stereocenters. The Labute approximate surface area is 127 Å². The predicted molar refractivity (Wildman–Crippen MR) is 83.5 cm³/mol. The first-order chi connectivity index (χ1) is 9.38. The molecule has 0 aliphatic rings. The van der Waals surface area contributed by atoms with E-state index in [0.717, 1.165) is 16.1 Å². The van der Waals surface area contributed by atoms with Gasteiger partial charge in [-0.1, -0.05) is 23.2 Å². The highest BCUT2D eigenvalue weighted by atomic mass is 35.5. The van der Waals surface area contributed by atoms with Crippen molar-refractivity contribution in [3.63, 3.8) is 0 Å². The Hall–Kier alpha value is -1.71. The maximum atomic E-state index is 7.37. The van der Waals surface area contributed by atoms with Gasteiger partial charge in [-0.05, 0) is 55.3 Å². The van der Waals surface area contributed by atoms with Crippen LogP contribution in [0.1, 0.15) is 16.7 Å². The summed E-state index contributed by atoms with van der Waals surface area (Å²) >= 11 is 12.3. The zero-order valence-corrected chi connectivity index (χ0v) is 12.6. The third kappa shape index (κ3) is 3.06. The summed E-state index contributed by atoms with van der Waals surface area (Å²) in [4.78, 5) is 0. The molecule has 0 radical (unpaired) electrons. The highest BCUT2D eigenvalue weighted by Crippen LogP contribution is 2.33. The highest BCUT2D eigenvalue weighted by Gasteiger charge is 2.08. The van der Waals surface area contributed by atoms with E-state index >= 15 is 0 Å². The summed E-state index contributed by atoms with van der Waals surface area (Å²) in [6, 6.07) is 8.70. The minimum absolute atomic E-state index is 0.0309. The van der Waals surface area contributed by atoms with Crippen LogP contribution in [-0.2, 0) is 0 Å². The number of benzene rings is 2. The molecule has 2 aromatic rings. The molecule has 0 spiro atoms. The quantitative estimate of drug-likeness (QED) is 0.638. The molecule has 0 saturated carbocycles. The Balaban J connectivity index is 2.33. The first-order valence-electron chi connectivity index (χ1n) is 5.97. The normalized spacial score (nSPS) is 10.4. The van der Waals surface area contributed by atoms with E-state index in [4.69, 9.17) is 39.1 Å². The van der Waals surface area contributed by atoms with Crippen LogP contribution in [0.5, 0.6) is 11.5 Å². The third-order valence-corrected chi connectivity index (χ3v) is 3.77. The molecular weight excluding hydrogens is 295 g/mol. The van der Waals surface area contributed by atoms with E-state index in [2.05, 4.69) is 0 Å². The van der Waals surface area contributed by atoms with E-state index in [0.29, 0.717) is 22.1 Å². The van der Waals surface area contributed by atoms with Gasteiger partial charge in [-0.25, -0.2) is 0 Å². The van der Waals surface area contributed by atoms with Crippen LogP contribution in [0.15, 0.2) is 30.3 Å². The first-order valence-corrected chi connectivity index (χ1v) is 6.72. The maximum absolute atomic E-state index is 7.37. The second-order valence-corrected chi connectivity index (χ2v) is 5.32. The summed E-state index contributed by atoms with van der Waals surface area (Å²) < 4.78 is 5.76. The Morgan fingerprint density at radius 1 is 1.10 bits per heavy atom. The lowest BCUT2D eigenvalue weighted by atomic mass is 10.1. The summed E-state index contributed by atoms with van der Waals surface area (Å²) in [5.41, 5.74) is 7.86. The number of nitrogens with one attached hydrogen (secondary N) is 1. The van der Waals surface area contributed by atoms with Crippen molar-refractivity contribution in [1.29, 1.82) is 5.41 Å². The molecule has 3 N–H and O–H groups in total. The molecule has 0 aliphatic carbocycles. The monoisotopic (exact) mass is 308 g/mol. The minimum Gasteiger partial charge on any atom is -0.456 e. The molecule has 3 nitrogen and oxygen atoms in total. The van der Waals surface area contributed by atoms with Gasteiger partial charge in [-0.2, -0.15) is 0 Å². The molecule has 0 amide bonds. The van der Waals surface area contributed by atoms with Crippen molar-refractivity contribution in [2.75, 3.05) is 0 Å². The van der Waals surface area contributed by atoms with E-state index in [1.807, 2.05) is 26.0 Å².